The summed E-state index contributed by atoms with van der Waals surface area (Å²) < 4.78 is 0. The van der Waals surface area contributed by atoms with Crippen LogP contribution >= 0.6 is 0 Å². The molecule has 0 amide bonds. The average molecular weight is 334 g/mol. The fraction of sp³-hybridized carbons (Fsp3) is 0. The molecule has 4 aromatic carbocycles. The summed E-state index contributed by atoms with van der Waals surface area (Å²) in [6.45, 7) is 0. The Labute approximate surface area is 151 Å². The first-order valence-electron chi connectivity index (χ1n) is 8.08. The normalized spacial score (nSPS) is 10.5. The largest absolute Gasteiger partial charge is 0.507 e. The lowest BCUT2D eigenvalue weighted by Gasteiger charge is -2.16. The lowest BCUT2D eigenvalue weighted by Crippen LogP contribution is -1.91. The molecular formula is C24H14O2. The fourth-order valence-electron chi connectivity index (χ4n) is 3.48. The second-order valence-corrected chi connectivity index (χ2v) is 6.02. The first-order chi connectivity index (χ1) is 12.7. The van der Waals surface area contributed by atoms with Crippen LogP contribution in [0.4, 0.5) is 0 Å². The third-order valence-corrected chi connectivity index (χ3v) is 4.61. The van der Waals surface area contributed by atoms with Gasteiger partial charge in [-0.1, -0.05) is 48.2 Å². The highest BCUT2D eigenvalue weighted by Crippen LogP contribution is 2.46. The van der Waals surface area contributed by atoms with E-state index in [-0.39, 0.29) is 11.5 Å². The molecule has 26 heavy (non-hydrogen) atoms. The number of phenolic OH excluding ortho intramolecular Hbond substituents is 2. The molecule has 0 heterocycles. The molecule has 0 spiro atoms. The van der Waals surface area contributed by atoms with Gasteiger partial charge in [0.25, 0.3) is 0 Å². The molecule has 2 N–H and O–H groups in total. The van der Waals surface area contributed by atoms with Crippen LogP contribution in [0.3, 0.4) is 0 Å². The molecular weight excluding hydrogens is 320 g/mol. The highest BCUT2D eigenvalue weighted by molar-refractivity contribution is 6.12. The molecule has 0 radical (unpaired) electrons. The van der Waals surface area contributed by atoms with Crippen LogP contribution in [0.25, 0.3) is 32.7 Å². The van der Waals surface area contributed by atoms with E-state index in [0.717, 1.165) is 10.8 Å². The molecule has 0 aliphatic rings. The van der Waals surface area contributed by atoms with Crippen molar-refractivity contribution < 1.29 is 10.2 Å². The number of aromatic hydroxyl groups is 2. The maximum absolute atomic E-state index is 10.7. The maximum atomic E-state index is 10.7. The molecule has 122 valence electrons. The minimum Gasteiger partial charge on any atom is -0.507 e. The summed E-state index contributed by atoms with van der Waals surface area (Å²) >= 11 is 0. The van der Waals surface area contributed by atoms with Crippen LogP contribution < -0.4 is 0 Å². The molecule has 4 aromatic rings. The third-order valence-electron chi connectivity index (χ3n) is 4.61. The molecule has 0 saturated carbocycles. The van der Waals surface area contributed by atoms with Gasteiger partial charge in [-0.25, -0.2) is 0 Å². The number of terminal acetylenes is 2. The molecule has 0 aliphatic heterocycles. The molecule has 0 fully saturated rings. The highest BCUT2D eigenvalue weighted by Gasteiger charge is 2.19. The topological polar surface area (TPSA) is 40.5 Å². The Hall–Kier alpha value is -3.88. The highest BCUT2D eigenvalue weighted by atomic mass is 16.3. The lowest BCUT2D eigenvalue weighted by atomic mass is 9.88. The minimum absolute atomic E-state index is 0.0369. The Morgan fingerprint density at radius 2 is 1.00 bits per heavy atom. The van der Waals surface area contributed by atoms with Gasteiger partial charge in [-0.05, 0) is 35.0 Å². The Kier molecular flexibility index (Phi) is 3.54. The molecule has 0 saturated heterocycles. The number of hydrogen-bond donors (Lipinski definition) is 2. The van der Waals surface area contributed by atoms with Gasteiger partial charge >= 0.3 is 0 Å². The quantitative estimate of drug-likeness (QED) is 0.479. The van der Waals surface area contributed by atoms with E-state index in [0.29, 0.717) is 33.0 Å². The Bertz CT molecular complexity index is 1170. The first kappa shape index (κ1) is 15.6. The molecule has 0 atom stereocenters. The Morgan fingerprint density at radius 1 is 0.577 bits per heavy atom. The van der Waals surface area contributed by atoms with E-state index in [2.05, 4.69) is 11.8 Å². The van der Waals surface area contributed by atoms with Gasteiger partial charge in [-0.15, -0.1) is 12.8 Å². The van der Waals surface area contributed by atoms with Crippen LogP contribution in [-0.2, 0) is 0 Å². The third kappa shape index (κ3) is 2.18. The van der Waals surface area contributed by atoms with Crippen molar-refractivity contribution in [3.8, 4) is 47.3 Å². The lowest BCUT2D eigenvalue weighted by molar-refractivity contribution is 0.470. The van der Waals surface area contributed by atoms with Gasteiger partial charge in [0.2, 0.25) is 0 Å². The van der Waals surface area contributed by atoms with E-state index in [4.69, 9.17) is 12.8 Å². The molecule has 0 aromatic heterocycles. The van der Waals surface area contributed by atoms with Crippen molar-refractivity contribution in [1.29, 1.82) is 0 Å². The van der Waals surface area contributed by atoms with Crippen LogP contribution in [0.5, 0.6) is 11.5 Å². The van der Waals surface area contributed by atoms with Gasteiger partial charge in [-0.3, -0.25) is 0 Å². The molecule has 0 bridgehead atoms. The number of hydrogen-bond acceptors (Lipinski definition) is 2. The van der Waals surface area contributed by atoms with E-state index < -0.39 is 0 Å². The average Bonchev–Trinajstić information content (AvgIpc) is 2.67. The van der Waals surface area contributed by atoms with Gasteiger partial charge < -0.3 is 10.2 Å². The summed E-state index contributed by atoms with van der Waals surface area (Å²) in [5.74, 6) is 5.41. The summed E-state index contributed by atoms with van der Waals surface area (Å²) in [4.78, 5) is 0. The summed E-state index contributed by atoms with van der Waals surface area (Å²) in [7, 11) is 0. The van der Waals surface area contributed by atoms with Gasteiger partial charge in [0.1, 0.15) is 11.5 Å². The second-order valence-electron chi connectivity index (χ2n) is 6.02. The van der Waals surface area contributed by atoms with Crippen molar-refractivity contribution in [3.05, 3.63) is 71.8 Å². The summed E-state index contributed by atoms with van der Waals surface area (Å²) in [6.07, 6.45) is 11.4. The van der Waals surface area contributed by atoms with Crippen LogP contribution in [-0.4, -0.2) is 10.2 Å². The molecule has 2 heteroatoms. The van der Waals surface area contributed by atoms with Crippen LogP contribution in [0.2, 0.25) is 0 Å². The van der Waals surface area contributed by atoms with Crippen molar-refractivity contribution in [2.24, 2.45) is 0 Å². The van der Waals surface area contributed by atoms with Crippen molar-refractivity contribution >= 4 is 21.5 Å². The van der Waals surface area contributed by atoms with Crippen molar-refractivity contribution in [1.82, 2.24) is 0 Å². The smallest absolute Gasteiger partial charge is 0.124 e. The second kappa shape index (κ2) is 5.88. The summed E-state index contributed by atoms with van der Waals surface area (Å²) in [5.41, 5.74) is 2.26. The Balaban J connectivity index is 2.30. The minimum atomic E-state index is 0.0369. The number of fused-ring (bicyclic) bond motifs is 2. The van der Waals surface area contributed by atoms with E-state index in [9.17, 15) is 10.2 Å². The van der Waals surface area contributed by atoms with Gasteiger partial charge in [0.15, 0.2) is 0 Å². The monoisotopic (exact) mass is 334 g/mol. The van der Waals surface area contributed by atoms with Crippen molar-refractivity contribution in [2.45, 2.75) is 0 Å². The molecule has 2 nitrogen and oxygen atoms in total. The number of benzene rings is 4. The van der Waals surface area contributed by atoms with Crippen molar-refractivity contribution in [3.63, 3.8) is 0 Å². The van der Waals surface area contributed by atoms with Gasteiger partial charge in [-0.2, -0.15) is 0 Å². The maximum Gasteiger partial charge on any atom is 0.124 e. The summed E-state index contributed by atoms with van der Waals surface area (Å²) in [5, 5.41) is 24.6. The van der Waals surface area contributed by atoms with Crippen LogP contribution in [0, 0.1) is 24.7 Å². The SMILES string of the molecule is C#Cc1cccc2ccc(O)c(-c3c(O)ccc4cccc(C#C)c34)c12. The van der Waals surface area contributed by atoms with Crippen molar-refractivity contribution in [2.75, 3.05) is 0 Å². The zero-order valence-electron chi connectivity index (χ0n) is 13.8. The predicted octanol–water partition coefficient (Wildman–Crippen LogP) is 5.03. The zero-order valence-corrected chi connectivity index (χ0v) is 13.8. The number of rotatable bonds is 1. The number of phenols is 2. The van der Waals surface area contributed by atoms with E-state index in [1.165, 1.54) is 0 Å². The van der Waals surface area contributed by atoms with Gasteiger partial charge in [0.05, 0.1) is 0 Å². The zero-order chi connectivity index (χ0) is 18.3. The van der Waals surface area contributed by atoms with Gasteiger partial charge in [0, 0.05) is 33.0 Å². The standard InChI is InChI=1S/C24H14O2/c1-3-15-7-5-9-17-11-13-19(25)23(21(15)17)24-20(26)14-12-18-10-6-8-16(4-2)22(18)24/h1-2,5-14,25-26H. The Morgan fingerprint density at radius 3 is 1.38 bits per heavy atom. The van der Waals surface area contributed by atoms with Crippen LogP contribution in [0.15, 0.2) is 60.7 Å². The molecule has 0 aliphatic carbocycles. The first-order valence-corrected chi connectivity index (χ1v) is 8.08. The summed E-state index contributed by atoms with van der Waals surface area (Å²) in [6, 6.07) is 18.0. The molecule has 4 rings (SSSR count). The van der Waals surface area contributed by atoms with Crippen LogP contribution in [0.1, 0.15) is 11.1 Å². The molecule has 0 unspecified atom stereocenters. The fourth-order valence-corrected chi connectivity index (χ4v) is 3.48. The van der Waals surface area contributed by atoms with E-state index in [1.807, 2.05) is 36.4 Å². The predicted molar refractivity (Wildman–Crippen MR) is 106 cm³/mol. The van der Waals surface area contributed by atoms with E-state index in [1.54, 1.807) is 24.3 Å². The van der Waals surface area contributed by atoms with E-state index >= 15 is 0 Å².